The van der Waals surface area contributed by atoms with Crippen LogP contribution in [0.4, 0.5) is 10.1 Å². The molecule has 0 saturated carbocycles. The summed E-state index contributed by atoms with van der Waals surface area (Å²) >= 11 is 1.14. The number of sulfone groups is 1. The molecule has 0 aliphatic rings. The Bertz CT molecular complexity index is 717. The van der Waals surface area contributed by atoms with Crippen LogP contribution in [0.3, 0.4) is 0 Å². The minimum atomic E-state index is -3.06. The Morgan fingerprint density at radius 1 is 1.47 bits per heavy atom. The largest absolute Gasteiger partial charge is 0.398 e. The average molecular weight is 300 g/mol. The van der Waals surface area contributed by atoms with Crippen molar-refractivity contribution < 1.29 is 12.8 Å². The summed E-state index contributed by atoms with van der Waals surface area (Å²) in [5.74, 6) is -0.191. The second-order valence-electron chi connectivity index (χ2n) is 4.15. The molecule has 0 unspecified atom stereocenters. The maximum absolute atomic E-state index is 13.9. The lowest BCUT2D eigenvalue weighted by atomic mass is 10.2. The molecule has 0 bridgehead atoms. The minimum absolute atomic E-state index is 0.00416. The lowest BCUT2D eigenvalue weighted by Gasteiger charge is -2.08. The summed E-state index contributed by atoms with van der Waals surface area (Å²) in [5, 5.41) is 0.672. The lowest BCUT2D eigenvalue weighted by molar-refractivity contribution is 0.601. The molecule has 0 aliphatic heterocycles. The summed E-state index contributed by atoms with van der Waals surface area (Å²) in [4.78, 5) is 4.47. The number of pyridine rings is 1. The van der Waals surface area contributed by atoms with E-state index < -0.39 is 15.7 Å². The van der Waals surface area contributed by atoms with Gasteiger partial charge in [0.2, 0.25) is 0 Å². The van der Waals surface area contributed by atoms with E-state index in [-0.39, 0.29) is 11.5 Å². The number of nitrogens with zero attached hydrogens (tertiary/aromatic N) is 1. The summed E-state index contributed by atoms with van der Waals surface area (Å²) in [5.41, 5.74) is 6.54. The van der Waals surface area contributed by atoms with E-state index in [1.165, 1.54) is 6.07 Å². The highest BCUT2D eigenvalue weighted by Crippen LogP contribution is 2.32. The fraction of sp³-hybridized carbons (Fsp3) is 0.250. The zero-order chi connectivity index (χ0) is 14.0. The molecule has 0 atom stereocenters. The molecular formula is C12H13FN2O2S2. The average Bonchev–Trinajstić information content (AvgIpc) is 2.32. The van der Waals surface area contributed by atoms with Crippen molar-refractivity contribution in [3.63, 3.8) is 0 Å². The quantitative estimate of drug-likeness (QED) is 0.691. The van der Waals surface area contributed by atoms with E-state index in [1.54, 1.807) is 18.3 Å². The van der Waals surface area contributed by atoms with Gasteiger partial charge in [-0.1, -0.05) is 0 Å². The molecule has 0 fully saturated rings. The number of nitrogens with two attached hydrogens (primary N) is 1. The molecule has 1 aromatic carbocycles. The second kappa shape index (κ2) is 5.34. The van der Waals surface area contributed by atoms with Gasteiger partial charge in [0, 0.05) is 29.3 Å². The molecule has 0 aliphatic carbocycles. The predicted molar refractivity (Wildman–Crippen MR) is 76.5 cm³/mol. The van der Waals surface area contributed by atoms with E-state index in [0.717, 1.165) is 18.0 Å². The molecular weight excluding hydrogens is 287 g/mol. The number of hydrogen-bond donors (Lipinski definition) is 1. The number of benzene rings is 1. The third kappa shape index (κ3) is 3.36. The highest BCUT2D eigenvalue weighted by molar-refractivity contribution is 8.00. The van der Waals surface area contributed by atoms with E-state index >= 15 is 0 Å². The summed E-state index contributed by atoms with van der Waals surface area (Å²) in [7, 11) is -3.06. The molecule has 1 aromatic heterocycles. The molecule has 0 amide bonds. The van der Waals surface area contributed by atoms with Crippen LogP contribution in [0.2, 0.25) is 0 Å². The molecule has 4 nitrogen and oxygen atoms in total. The molecule has 1 heterocycles. The van der Waals surface area contributed by atoms with Crippen LogP contribution in [0.5, 0.6) is 0 Å². The molecule has 2 rings (SSSR count). The zero-order valence-electron chi connectivity index (χ0n) is 10.3. The van der Waals surface area contributed by atoms with Gasteiger partial charge in [-0.2, -0.15) is 0 Å². The number of fused-ring (bicyclic) bond motifs is 1. The van der Waals surface area contributed by atoms with Crippen molar-refractivity contribution >= 4 is 38.2 Å². The van der Waals surface area contributed by atoms with Crippen molar-refractivity contribution in [3.05, 3.63) is 30.2 Å². The molecule has 0 spiro atoms. The van der Waals surface area contributed by atoms with Crippen LogP contribution in [-0.4, -0.2) is 31.2 Å². The Morgan fingerprint density at radius 3 is 2.89 bits per heavy atom. The number of rotatable bonds is 4. The van der Waals surface area contributed by atoms with E-state index in [0.29, 0.717) is 21.5 Å². The standard InChI is InChI=1S/C12H13FN2O2S2/c1-19(16,17)6-5-18-12-9(13)7-10(14)8-3-2-4-15-11(8)12/h2-4,7H,5-6,14H2,1H3. The maximum atomic E-state index is 13.9. The highest BCUT2D eigenvalue weighted by atomic mass is 32.2. The fourth-order valence-corrected chi connectivity index (χ4v) is 3.89. The first-order valence-corrected chi connectivity index (χ1v) is 8.56. The van der Waals surface area contributed by atoms with Crippen molar-refractivity contribution in [2.45, 2.75) is 4.90 Å². The van der Waals surface area contributed by atoms with Gasteiger partial charge in [-0.15, -0.1) is 11.8 Å². The summed E-state index contributed by atoms with van der Waals surface area (Å²) in [6, 6.07) is 4.73. The highest BCUT2D eigenvalue weighted by Gasteiger charge is 2.13. The van der Waals surface area contributed by atoms with Crippen LogP contribution < -0.4 is 5.73 Å². The van der Waals surface area contributed by atoms with Gasteiger partial charge in [-0.05, 0) is 18.2 Å². The van der Waals surface area contributed by atoms with Crippen LogP contribution >= 0.6 is 11.8 Å². The first-order valence-electron chi connectivity index (χ1n) is 5.52. The SMILES string of the molecule is CS(=O)(=O)CCSc1c(F)cc(N)c2cccnc12. The number of halogens is 1. The van der Waals surface area contributed by atoms with E-state index in [9.17, 15) is 12.8 Å². The summed E-state index contributed by atoms with van der Waals surface area (Å²) < 4.78 is 36.1. The molecule has 19 heavy (non-hydrogen) atoms. The Hall–Kier alpha value is -1.34. The van der Waals surface area contributed by atoms with Crippen LogP contribution in [0.15, 0.2) is 29.3 Å². The van der Waals surface area contributed by atoms with E-state index in [2.05, 4.69) is 4.98 Å². The smallest absolute Gasteiger partial charge is 0.148 e. The van der Waals surface area contributed by atoms with Gasteiger partial charge in [0.1, 0.15) is 15.7 Å². The Morgan fingerprint density at radius 2 is 2.21 bits per heavy atom. The van der Waals surface area contributed by atoms with Crippen molar-refractivity contribution in [2.24, 2.45) is 0 Å². The van der Waals surface area contributed by atoms with Crippen LogP contribution in [0, 0.1) is 5.82 Å². The molecule has 0 saturated heterocycles. The topological polar surface area (TPSA) is 73.0 Å². The molecule has 0 radical (unpaired) electrons. The molecule has 102 valence electrons. The van der Waals surface area contributed by atoms with Gasteiger partial charge in [0.05, 0.1) is 16.2 Å². The van der Waals surface area contributed by atoms with Gasteiger partial charge in [0.25, 0.3) is 0 Å². The van der Waals surface area contributed by atoms with E-state index in [1.807, 2.05) is 0 Å². The van der Waals surface area contributed by atoms with Gasteiger partial charge in [-0.25, -0.2) is 12.8 Å². The van der Waals surface area contributed by atoms with Crippen LogP contribution in [-0.2, 0) is 9.84 Å². The molecule has 7 heteroatoms. The van der Waals surface area contributed by atoms with Crippen LogP contribution in [0.25, 0.3) is 10.9 Å². The second-order valence-corrected chi connectivity index (χ2v) is 7.52. The fourth-order valence-electron chi connectivity index (χ4n) is 1.64. The molecule has 2 N–H and O–H groups in total. The predicted octanol–water partition coefficient (Wildman–Crippen LogP) is 2.09. The monoisotopic (exact) mass is 300 g/mol. The summed E-state index contributed by atoms with van der Waals surface area (Å²) in [6.45, 7) is 0. The number of thioether (sulfide) groups is 1. The number of aromatic nitrogens is 1. The third-order valence-electron chi connectivity index (χ3n) is 2.53. The Kier molecular flexibility index (Phi) is 3.96. The molecule has 2 aromatic rings. The maximum Gasteiger partial charge on any atom is 0.148 e. The van der Waals surface area contributed by atoms with Gasteiger partial charge in [-0.3, -0.25) is 4.98 Å². The Labute approximate surface area is 115 Å². The third-order valence-corrected chi connectivity index (χ3v) is 4.82. The normalized spacial score (nSPS) is 11.9. The van der Waals surface area contributed by atoms with Crippen molar-refractivity contribution in [3.8, 4) is 0 Å². The van der Waals surface area contributed by atoms with Crippen molar-refractivity contribution in [2.75, 3.05) is 23.5 Å². The first kappa shape index (κ1) is 14.1. The summed E-state index contributed by atoms with van der Waals surface area (Å²) in [6.07, 6.45) is 2.71. The zero-order valence-corrected chi connectivity index (χ0v) is 11.9. The van der Waals surface area contributed by atoms with Gasteiger partial charge >= 0.3 is 0 Å². The van der Waals surface area contributed by atoms with Crippen LogP contribution in [0.1, 0.15) is 0 Å². The van der Waals surface area contributed by atoms with Gasteiger partial charge < -0.3 is 5.73 Å². The van der Waals surface area contributed by atoms with E-state index in [4.69, 9.17) is 5.73 Å². The van der Waals surface area contributed by atoms with Crippen molar-refractivity contribution in [1.82, 2.24) is 4.98 Å². The minimum Gasteiger partial charge on any atom is -0.398 e. The number of anilines is 1. The Balaban J connectivity index is 2.37. The van der Waals surface area contributed by atoms with Gasteiger partial charge in [0.15, 0.2) is 0 Å². The lowest BCUT2D eigenvalue weighted by Crippen LogP contribution is -2.05. The van der Waals surface area contributed by atoms with Crippen molar-refractivity contribution in [1.29, 1.82) is 0 Å². The first-order chi connectivity index (χ1) is 8.88. The number of hydrogen-bond acceptors (Lipinski definition) is 5. The number of nitrogen functional groups attached to an aromatic ring is 1.